The van der Waals surface area contributed by atoms with Crippen LogP contribution in [0.4, 0.5) is 0 Å². The average molecular weight is 195 g/mol. The Morgan fingerprint density at radius 3 is 2.69 bits per heavy atom. The first kappa shape index (κ1) is 13.0. The SMILES string of the molecule is C=C/C=C(\C=C)c1cc[c-]nc1.[K+]. The molecule has 0 bridgehead atoms. The maximum absolute atomic E-state index is 3.89. The summed E-state index contributed by atoms with van der Waals surface area (Å²) < 4.78 is 0. The Kier molecular flexibility index (Phi) is 7.42. The first-order valence-electron chi connectivity index (χ1n) is 3.66. The predicted octanol–water partition coefficient (Wildman–Crippen LogP) is -0.359. The van der Waals surface area contributed by atoms with Crippen LogP contribution in [0.15, 0.2) is 49.7 Å². The molecule has 2 heteroatoms. The van der Waals surface area contributed by atoms with E-state index in [9.17, 15) is 0 Å². The number of aromatic nitrogens is 1. The molecule has 60 valence electrons. The first-order valence-corrected chi connectivity index (χ1v) is 3.66. The number of pyridine rings is 1. The Morgan fingerprint density at radius 2 is 2.23 bits per heavy atom. The van der Waals surface area contributed by atoms with Crippen LogP contribution in [-0.4, -0.2) is 4.98 Å². The van der Waals surface area contributed by atoms with Gasteiger partial charge < -0.3 is 4.98 Å². The van der Waals surface area contributed by atoms with Crippen molar-refractivity contribution in [2.45, 2.75) is 0 Å². The minimum Gasteiger partial charge on any atom is -0.394 e. The van der Waals surface area contributed by atoms with E-state index in [0.29, 0.717) is 0 Å². The summed E-state index contributed by atoms with van der Waals surface area (Å²) >= 11 is 0. The quantitative estimate of drug-likeness (QED) is 0.365. The third kappa shape index (κ3) is 4.16. The summed E-state index contributed by atoms with van der Waals surface area (Å²) in [5, 5.41) is 0. The summed E-state index contributed by atoms with van der Waals surface area (Å²) in [4.78, 5) is 3.89. The van der Waals surface area contributed by atoms with Gasteiger partial charge in [-0.25, -0.2) is 0 Å². The standard InChI is InChI=1S/C11H10N.K/c1-3-6-10(4-2)11-7-5-8-12-9-11;/h3-7,9H,1-2H2;/q-1;+1/b10-6+;. The van der Waals surface area contributed by atoms with E-state index in [-0.39, 0.29) is 51.4 Å². The van der Waals surface area contributed by atoms with E-state index < -0.39 is 0 Å². The van der Waals surface area contributed by atoms with E-state index in [0.717, 1.165) is 11.1 Å². The minimum atomic E-state index is 0. The zero-order valence-corrected chi connectivity index (χ0v) is 10.9. The maximum atomic E-state index is 3.89. The van der Waals surface area contributed by atoms with E-state index in [1.807, 2.05) is 12.1 Å². The maximum Gasteiger partial charge on any atom is 1.00 e. The Bertz CT molecular complexity index is 301. The van der Waals surface area contributed by atoms with Gasteiger partial charge in [-0.1, -0.05) is 43.8 Å². The third-order valence-corrected chi connectivity index (χ3v) is 1.47. The molecule has 0 fully saturated rings. The van der Waals surface area contributed by atoms with Gasteiger partial charge in [0.2, 0.25) is 0 Å². The van der Waals surface area contributed by atoms with Crippen LogP contribution in [0.1, 0.15) is 5.56 Å². The number of hydrogen-bond donors (Lipinski definition) is 0. The van der Waals surface area contributed by atoms with Crippen molar-refractivity contribution in [2.75, 3.05) is 0 Å². The number of rotatable bonds is 3. The molecule has 0 unspecified atom stereocenters. The summed E-state index contributed by atoms with van der Waals surface area (Å²) in [6.07, 6.45) is 9.86. The van der Waals surface area contributed by atoms with Crippen molar-refractivity contribution in [1.82, 2.24) is 4.98 Å². The number of allylic oxidation sites excluding steroid dienone is 4. The second-order valence-electron chi connectivity index (χ2n) is 2.24. The van der Waals surface area contributed by atoms with E-state index >= 15 is 0 Å². The van der Waals surface area contributed by atoms with Crippen molar-refractivity contribution in [2.24, 2.45) is 0 Å². The fourth-order valence-corrected chi connectivity index (χ4v) is 0.900. The van der Waals surface area contributed by atoms with Gasteiger partial charge in [0, 0.05) is 0 Å². The van der Waals surface area contributed by atoms with Crippen molar-refractivity contribution in [3.8, 4) is 0 Å². The molecule has 1 aromatic heterocycles. The van der Waals surface area contributed by atoms with Crippen LogP contribution >= 0.6 is 0 Å². The summed E-state index contributed by atoms with van der Waals surface area (Å²) in [6, 6.07) is 3.71. The van der Waals surface area contributed by atoms with Crippen molar-refractivity contribution in [3.05, 3.63) is 61.5 Å². The van der Waals surface area contributed by atoms with Crippen LogP contribution in [-0.2, 0) is 0 Å². The van der Waals surface area contributed by atoms with Gasteiger partial charge in [-0.05, 0) is 5.57 Å². The van der Waals surface area contributed by atoms with Crippen molar-refractivity contribution in [1.29, 1.82) is 0 Å². The van der Waals surface area contributed by atoms with Gasteiger partial charge in [-0.15, -0.1) is 5.56 Å². The molecule has 1 rings (SSSR count). The minimum absolute atomic E-state index is 0. The van der Waals surface area contributed by atoms with Crippen LogP contribution < -0.4 is 51.4 Å². The van der Waals surface area contributed by atoms with Crippen LogP contribution in [0.2, 0.25) is 0 Å². The molecule has 1 heterocycles. The summed E-state index contributed by atoms with van der Waals surface area (Å²) in [7, 11) is 0. The largest absolute Gasteiger partial charge is 1.00 e. The smallest absolute Gasteiger partial charge is 0.394 e. The topological polar surface area (TPSA) is 12.9 Å². The predicted molar refractivity (Wildman–Crippen MR) is 51.4 cm³/mol. The van der Waals surface area contributed by atoms with E-state index in [4.69, 9.17) is 0 Å². The molecular weight excluding hydrogens is 185 g/mol. The second kappa shape index (κ2) is 7.41. The summed E-state index contributed by atoms with van der Waals surface area (Å²) in [5.41, 5.74) is 2.05. The molecule has 0 saturated carbocycles. The Labute approximate surface area is 122 Å². The fraction of sp³-hybridized carbons (Fsp3) is 0. The summed E-state index contributed by atoms with van der Waals surface area (Å²) in [6.45, 7) is 7.32. The molecule has 0 radical (unpaired) electrons. The van der Waals surface area contributed by atoms with E-state index in [2.05, 4.69) is 24.3 Å². The van der Waals surface area contributed by atoms with Crippen molar-refractivity contribution in [3.63, 3.8) is 0 Å². The molecule has 0 aliphatic rings. The normalized spacial score (nSPS) is 10.0. The zero-order valence-electron chi connectivity index (χ0n) is 7.83. The van der Waals surface area contributed by atoms with Crippen LogP contribution in [0.5, 0.6) is 0 Å². The van der Waals surface area contributed by atoms with E-state index in [1.165, 1.54) is 0 Å². The molecule has 0 amide bonds. The number of hydrogen-bond acceptors (Lipinski definition) is 1. The molecule has 1 aromatic rings. The van der Waals surface area contributed by atoms with Gasteiger partial charge in [0.05, 0.1) is 0 Å². The van der Waals surface area contributed by atoms with Gasteiger partial charge in [-0.3, -0.25) is 0 Å². The van der Waals surface area contributed by atoms with Gasteiger partial charge in [-0.2, -0.15) is 12.1 Å². The molecule has 1 nitrogen and oxygen atoms in total. The Morgan fingerprint density at radius 1 is 1.46 bits per heavy atom. The Hall–Kier alpha value is 0.00636. The first-order chi connectivity index (χ1) is 5.88. The van der Waals surface area contributed by atoms with Gasteiger partial charge in [0.25, 0.3) is 0 Å². The molecule has 0 aliphatic carbocycles. The average Bonchev–Trinajstić information content (AvgIpc) is 2.15. The van der Waals surface area contributed by atoms with Gasteiger partial charge in [0.15, 0.2) is 0 Å². The van der Waals surface area contributed by atoms with Crippen LogP contribution in [0, 0.1) is 6.20 Å². The van der Waals surface area contributed by atoms with Gasteiger partial charge in [0.1, 0.15) is 0 Å². The van der Waals surface area contributed by atoms with Crippen LogP contribution in [0.25, 0.3) is 5.57 Å². The third-order valence-electron chi connectivity index (χ3n) is 1.47. The molecule has 0 spiro atoms. The molecule has 13 heavy (non-hydrogen) atoms. The molecule has 0 aliphatic heterocycles. The second-order valence-corrected chi connectivity index (χ2v) is 2.24. The summed E-state index contributed by atoms with van der Waals surface area (Å²) in [5.74, 6) is 0. The van der Waals surface area contributed by atoms with Crippen molar-refractivity contribution < 1.29 is 51.4 Å². The molecule has 0 aromatic carbocycles. The monoisotopic (exact) mass is 195 g/mol. The van der Waals surface area contributed by atoms with Crippen molar-refractivity contribution >= 4 is 5.57 Å². The van der Waals surface area contributed by atoms with Gasteiger partial charge >= 0.3 is 51.4 Å². The molecule has 0 atom stereocenters. The molecule has 0 N–H and O–H groups in total. The zero-order chi connectivity index (χ0) is 8.81. The molecule has 0 saturated heterocycles. The van der Waals surface area contributed by atoms with E-state index in [1.54, 1.807) is 24.4 Å². The number of nitrogens with zero attached hydrogens (tertiary/aromatic N) is 1. The van der Waals surface area contributed by atoms with Crippen LogP contribution in [0.3, 0.4) is 0 Å². The fourth-order valence-electron chi connectivity index (χ4n) is 0.900. The molecular formula is C11H10KN. The Balaban J connectivity index is 0.00000144.